The van der Waals surface area contributed by atoms with Crippen LogP contribution in [0.2, 0.25) is 5.02 Å². The van der Waals surface area contributed by atoms with E-state index in [1.165, 1.54) is 18.6 Å². The Morgan fingerprint density at radius 2 is 2.50 bits per heavy atom. The fraction of sp³-hybridized carbons (Fsp3) is 0.545. The topological polar surface area (TPSA) is 24.9 Å². The van der Waals surface area contributed by atoms with Crippen LogP contribution >= 0.6 is 39.3 Å². The molecule has 0 saturated carbocycles. The maximum absolute atomic E-state index is 5.85. The van der Waals surface area contributed by atoms with Crippen molar-refractivity contribution >= 4 is 45.1 Å². The summed E-state index contributed by atoms with van der Waals surface area (Å²) in [5.74, 6) is 2.14. The van der Waals surface area contributed by atoms with Crippen molar-refractivity contribution < 1.29 is 0 Å². The van der Waals surface area contributed by atoms with E-state index in [0.717, 1.165) is 16.8 Å². The Labute approximate surface area is 114 Å². The predicted octanol–water partition coefficient (Wildman–Crippen LogP) is 4.20. The van der Waals surface area contributed by atoms with E-state index in [-0.39, 0.29) is 0 Å². The highest BCUT2D eigenvalue weighted by atomic mass is 79.9. The third kappa shape index (κ3) is 3.05. The van der Waals surface area contributed by atoms with E-state index in [2.05, 4.69) is 33.2 Å². The van der Waals surface area contributed by atoms with Crippen LogP contribution in [0.25, 0.3) is 0 Å². The number of nitrogens with zero attached hydrogens (tertiary/aromatic N) is 1. The van der Waals surface area contributed by atoms with Gasteiger partial charge in [0.1, 0.15) is 5.82 Å². The summed E-state index contributed by atoms with van der Waals surface area (Å²) in [6, 6.07) is 1.86. The Morgan fingerprint density at radius 1 is 1.69 bits per heavy atom. The number of aromatic nitrogens is 1. The van der Waals surface area contributed by atoms with Gasteiger partial charge in [-0.3, -0.25) is 0 Å². The number of hydrogen-bond acceptors (Lipinski definition) is 3. The van der Waals surface area contributed by atoms with Gasteiger partial charge in [-0.1, -0.05) is 11.6 Å². The van der Waals surface area contributed by atoms with Crippen molar-refractivity contribution in [2.75, 3.05) is 17.6 Å². The lowest BCUT2D eigenvalue weighted by Gasteiger charge is -2.23. The van der Waals surface area contributed by atoms with Gasteiger partial charge in [0.25, 0.3) is 0 Å². The minimum atomic E-state index is 0.348. The maximum Gasteiger partial charge on any atom is 0.140 e. The van der Waals surface area contributed by atoms with Gasteiger partial charge in [0, 0.05) is 17.5 Å². The highest BCUT2D eigenvalue weighted by Crippen LogP contribution is 2.38. The van der Waals surface area contributed by atoms with Crippen molar-refractivity contribution in [2.24, 2.45) is 0 Å². The summed E-state index contributed by atoms with van der Waals surface area (Å²) in [7, 11) is 0. The number of hydrogen-bond donors (Lipinski definition) is 1. The van der Waals surface area contributed by atoms with Crippen LogP contribution in [-0.4, -0.2) is 22.0 Å². The van der Waals surface area contributed by atoms with Gasteiger partial charge in [0.15, 0.2) is 0 Å². The van der Waals surface area contributed by atoms with Gasteiger partial charge in [0.05, 0.1) is 9.50 Å². The van der Waals surface area contributed by atoms with Crippen LogP contribution in [-0.2, 0) is 0 Å². The van der Waals surface area contributed by atoms with Crippen molar-refractivity contribution in [3.63, 3.8) is 0 Å². The van der Waals surface area contributed by atoms with Gasteiger partial charge >= 0.3 is 0 Å². The predicted molar refractivity (Wildman–Crippen MR) is 75.5 cm³/mol. The molecule has 0 spiro atoms. The van der Waals surface area contributed by atoms with Crippen molar-refractivity contribution in [1.29, 1.82) is 0 Å². The van der Waals surface area contributed by atoms with E-state index in [1.807, 2.05) is 17.8 Å². The Hall–Kier alpha value is 0.0700. The molecule has 0 aromatic carbocycles. The normalized spacial score (nSPS) is 24.7. The monoisotopic (exact) mass is 320 g/mol. The molecule has 0 amide bonds. The molecule has 5 heteroatoms. The van der Waals surface area contributed by atoms with Crippen LogP contribution in [0.15, 0.2) is 16.7 Å². The number of pyridine rings is 1. The van der Waals surface area contributed by atoms with Crippen molar-refractivity contribution in [1.82, 2.24) is 4.98 Å². The molecule has 1 unspecified atom stereocenters. The number of thioether (sulfide) groups is 1. The average Bonchev–Trinajstić information content (AvgIpc) is 2.64. The summed E-state index contributed by atoms with van der Waals surface area (Å²) in [5, 5.41) is 4.04. The largest absolute Gasteiger partial charge is 0.368 e. The maximum atomic E-state index is 5.85. The molecule has 16 heavy (non-hydrogen) atoms. The Bertz CT molecular complexity index is 380. The minimum Gasteiger partial charge on any atom is -0.368 e. The Balaban J connectivity index is 1.99. The third-order valence-corrected chi connectivity index (χ3v) is 5.09. The summed E-state index contributed by atoms with van der Waals surface area (Å²) < 4.78 is 1.27. The van der Waals surface area contributed by atoms with E-state index in [9.17, 15) is 0 Å². The summed E-state index contributed by atoms with van der Waals surface area (Å²) >= 11 is 11.3. The van der Waals surface area contributed by atoms with Crippen LogP contribution < -0.4 is 5.32 Å². The van der Waals surface area contributed by atoms with Gasteiger partial charge in [-0.15, -0.1) is 0 Å². The molecule has 1 aromatic heterocycles. The smallest absolute Gasteiger partial charge is 0.140 e. The second kappa shape index (κ2) is 5.15. The van der Waals surface area contributed by atoms with Crippen LogP contribution in [0.3, 0.4) is 0 Å². The first-order chi connectivity index (χ1) is 7.59. The Morgan fingerprint density at radius 3 is 3.12 bits per heavy atom. The van der Waals surface area contributed by atoms with Gasteiger partial charge in [-0.05, 0) is 47.5 Å². The molecule has 88 valence electrons. The quantitative estimate of drug-likeness (QED) is 0.903. The molecule has 0 aliphatic carbocycles. The number of halogens is 2. The van der Waals surface area contributed by atoms with E-state index in [4.69, 9.17) is 11.6 Å². The molecule has 0 bridgehead atoms. The van der Waals surface area contributed by atoms with Crippen molar-refractivity contribution in [2.45, 2.75) is 24.5 Å². The first-order valence-corrected chi connectivity index (χ1v) is 7.44. The van der Waals surface area contributed by atoms with E-state index in [0.29, 0.717) is 9.77 Å². The van der Waals surface area contributed by atoms with Gasteiger partial charge in [-0.25, -0.2) is 4.98 Å². The first kappa shape index (κ1) is 12.5. The molecule has 1 aromatic rings. The number of anilines is 1. The van der Waals surface area contributed by atoms with Crippen LogP contribution in [0.5, 0.6) is 0 Å². The summed E-state index contributed by atoms with van der Waals surface area (Å²) in [5.41, 5.74) is 0. The zero-order chi connectivity index (χ0) is 11.6. The number of nitrogens with one attached hydrogen (secondary N) is 1. The number of rotatable bonds is 3. The molecule has 1 aliphatic heterocycles. The van der Waals surface area contributed by atoms with E-state index in [1.54, 1.807) is 6.20 Å². The highest BCUT2D eigenvalue weighted by Gasteiger charge is 2.29. The van der Waals surface area contributed by atoms with Crippen LogP contribution in [0, 0.1) is 0 Å². The molecule has 2 nitrogen and oxygen atoms in total. The second-order valence-corrected chi connectivity index (χ2v) is 7.21. The van der Waals surface area contributed by atoms with Crippen LogP contribution in [0.1, 0.15) is 19.8 Å². The van der Waals surface area contributed by atoms with E-state index < -0.39 is 0 Å². The van der Waals surface area contributed by atoms with Gasteiger partial charge < -0.3 is 5.32 Å². The molecule has 1 N–H and O–H groups in total. The van der Waals surface area contributed by atoms with Gasteiger partial charge in [0.2, 0.25) is 0 Å². The SMILES string of the molecule is CC1(CNc2ncc(Cl)cc2Br)CCCS1. The van der Waals surface area contributed by atoms with Crippen LogP contribution in [0.4, 0.5) is 5.82 Å². The highest BCUT2D eigenvalue weighted by molar-refractivity contribution is 9.10. The molecule has 1 aliphatic rings. The lowest BCUT2D eigenvalue weighted by Crippen LogP contribution is -2.27. The molecular formula is C11H14BrClN2S. The van der Waals surface area contributed by atoms with Crippen molar-refractivity contribution in [3.05, 3.63) is 21.8 Å². The molecular weight excluding hydrogens is 308 g/mol. The summed E-state index contributed by atoms with van der Waals surface area (Å²) in [6.45, 7) is 3.26. The summed E-state index contributed by atoms with van der Waals surface area (Å²) in [6.07, 6.45) is 4.26. The molecule has 1 fully saturated rings. The molecule has 2 heterocycles. The third-order valence-electron chi connectivity index (χ3n) is 2.74. The zero-order valence-electron chi connectivity index (χ0n) is 9.09. The average molecular weight is 322 g/mol. The summed E-state index contributed by atoms with van der Waals surface area (Å²) in [4.78, 5) is 4.27. The fourth-order valence-corrected chi connectivity index (χ4v) is 3.81. The molecule has 0 radical (unpaired) electrons. The lowest BCUT2D eigenvalue weighted by atomic mass is 10.1. The second-order valence-electron chi connectivity index (χ2n) is 4.24. The molecule has 1 atom stereocenters. The van der Waals surface area contributed by atoms with Gasteiger partial charge in [-0.2, -0.15) is 11.8 Å². The molecule has 1 saturated heterocycles. The van der Waals surface area contributed by atoms with Crippen molar-refractivity contribution in [3.8, 4) is 0 Å². The first-order valence-electron chi connectivity index (χ1n) is 5.28. The lowest BCUT2D eigenvalue weighted by molar-refractivity contribution is 0.633. The minimum absolute atomic E-state index is 0.348. The molecule has 2 rings (SSSR count). The van der Waals surface area contributed by atoms with E-state index >= 15 is 0 Å². The Kier molecular flexibility index (Phi) is 4.03. The zero-order valence-corrected chi connectivity index (χ0v) is 12.3. The fourth-order valence-electron chi connectivity index (χ4n) is 1.79. The standard InChI is InChI=1S/C11H14BrClN2S/c1-11(3-2-4-16-11)7-15-10-9(12)5-8(13)6-14-10/h5-6H,2-4,7H2,1H3,(H,14,15).